The Morgan fingerprint density at radius 3 is 2.68 bits per heavy atom. The number of amides is 1. The highest BCUT2D eigenvalue weighted by molar-refractivity contribution is 5.85. The number of nitrogens with zero attached hydrogens (tertiary/aromatic N) is 2. The number of hydrogen-bond acceptors (Lipinski definition) is 4. The number of hydrogen-bond donors (Lipinski definition) is 2. The maximum absolute atomic E-state index is 13.0. The Bertz CT molecular complexity index is 421. The van der Waals surface area contributed by atoms with Crippen LogP contribution < -0.4 is 5.73 Å². The third kappa shape index (κ3) is 3.62. The lowest BCUT2D eigenvalue weighted by atomic mass is 10.0. The molecule has 3 atom stereocenters. The van der Waals surface area contributed by atoms with E-state index in [-0.39, 0.29) is 19.0 Å². The van der Waals surface area contributed by atoms with Crippen LogP contribution in [0, 0.1) is 0 Å². The highest BCUT2D eigenvalue weighted by Crippen LogP contribution is 2.19. The zero-order valence-corrected chi connectivity index (χ0v) is 11.1. The molecule has 0 saturated carbocycles. The molecule has 106 valence electrons. The largest absolute Gasteiger partial charge is 0.386 e. The van der Waals surface area contributed by atoms with Crippen LogP contribution >= 0.6 is 12.4 Å². The second-order valence-corrected chi connectivity index (χ2v) is 4.42. The molecular formula is C12H17ClFN3O2. The summed E-state index contributed by atoms with van der Waals surface area (Å²) in [5.74, 6) is -0.417. The fourth-order valence-corrected chi connectivity index (χ4v) is 2.03. The fourth-order valence-electron chi connectivity index (χ4n) is 2.03. The minimum Gasteiger partial charge on any atom is -0.386 e. The van der Waals surface area contributed by atoms with Crippen molar-refractivity contribution in [2.75, 3.05) is 13.1 Å². The molecule has 2 rings (SSSR count). The molecule has 0 aliphatic carbocycles. The predicted octanol–water partition coefficient (Wildman–Crippen LogP) is 0.434. The van der Waals surface area contributed by atoms with Crippen LogP contribution in [0.1, 0.15) is 18.1 Å². The fraction of sp³-hybridized carbons (Fsp3) is 0.500. The van der Waals surface area contributed by atoms with Crippen molar-refractivity contribution < 1.29 is 14.3 Å². The second-order valence-electron chi connectivity index (χ2n) is 4.42. The summed E-state index contributed by atoms with van der Waals surface area (Å²) in [7, 11) is 0. The summed E-state index contributed by atoms with van der Waals surface area (Å²) < 4.78 is 13.0. The van der Waals surface area contributed by atoms with E-state index >= 15 is 0 Å². The summed E-state index contributed by atoms with van der Waals surface area (Å²) in [4.78, 5) is 17.1. The van der Waals surface area contributed by atoms with Crippen LogP contribution in [-0.4, -0.2) is 46.2 Å². The number of aliphatic hydroxyl groups is 1. The summed E-state index contributed by atoms with van der Waals surface area (Å²) in [6.07, 6.45) is 1.29. The highest BCUT2D eigenvalue weighted by Gasteiger charge is 2.32. The van der Waals surface area contributed by atoms with E-state index in [2.05, 4.69) is 4.98 Å². The Balaban J connectivity index is 0.00000180. The Kier molecular flexibility index (Phi) is 5.65. The van der Waals surface area contributed by atoms with Crippen LogP contribution in [-0.2, 0) is 4.79 Å². The van der Waals surface area contributed by atoms with E-state index in [4.69, 9.17) is 5.73 Å². The Morgan fingerprint density at radius 2 is 2.16 bits per heavy atom. The molecule has 2 heterocycles. The maximum atomic E-state index is 13.0. The number of rotatable bonds is 3. The number of nitrogens with two attached hydrogens (primary N) is 1. The van der Waals surface area contributed by atoms with Crippen molar-refractivity contribution in [3.63, 3.8) is 0 Å². The molecule has 1 fully saturated rings. The normalized spacial score (nSPS) is 21.6. The van der Waals surface area contributed by atoms with Gasteiger partial charge in [0.1, 0.15) is 18.3 Å². The molecule has 1 aromatic heterocycles. The van der Waals surface area contributed by atoms with E-state index in [0.29, 0.717) is 18.5 Å². The lowest BCUT2D eigenvalue weighted by Gasteiger charge is -2.23. The van der Waals surface area contributed by atoms with Crippen LogP contribution in [0.3, 0.4) is 0 Å². The van der Waals surface area contributed by atoms with E-state index in [0.717, 1.165) is 0 Å². The predicted molar refractivity (Wildman–Crippen MR) is 70.5 cm³/mol. The molecule has 0 unspecified atom stereocenters. The molecule has 0 bridgehead atoms. The maximum Gasteiger partial charge on any atom is 0.242 e. The van der Waals surface area contributed by atoms with Crippen LogP contribution in [0.2, 0.25) is 0 Å². The van der Waals surface area contributed by atoms with Gasteiger partial charge in [0.25, 0.3) is 0 Å². The number of carbonyl (C=O) groups excluding carboxylic acids is 1. The average Bonchev–Trinajstić information content (AvgIpc) is 2.84. The monoisotopic (exact) mass is 289 g/mol. The summed E-state index contributed by atoms with van der Waals surface area (Å²) in [5, 5.41) is 9.99. The number of alkyl halides is 1. The third-order valence-electron chi connectivity index (χ3n) is 3.12. The van der Waals surface area contributed by atoms with Crippen molar-refractivity contribution in [1.29, 1.82) is 0 Å². The molecular weight excluding hydrogens is 273 g/mol. The molecule has 5 nitrogen and oxygen atoms in total. The number of halogens is 2. The summed E-state index contributed by atoms with van der Waals surface area (Å²) in [6.45, 7) is 0.423. The summed E-state index contributed by atoms with van der Waals surface area (Å²) >= 11 is 0. The van der Waals surface area contributed by atoms with Gasteiger partial charge in [-0.3, -0.25) is 9.78 Å². The van der Waals surface area contributed by atoms with Crippen molar-refractivity contribution in [2.45, 2.75) is 24.7 Å². The van der Waals surface area contributed by atoms with Gasteiger partial charge in [0.05, 0.1) is 6.54 Å². The number of aliphatic hydroxyl groups excluding tert-OH is 1. The number of carbonyl (C=O) groups is 1. The first kappa shape index (κ1) is 15.8. The average molecular weight is 290 g/mol. The third-order valence-corrected chi connectivity index (χ3v) is 3.12. The van der Waals surface area contributed by atoms with Gasteiger partial charge >= 0.3 is 0 Å². The smallest absolute Gasteiger partial charge is 0.242 e. The van der Waals surface area contributed by atoms with E-state index in [9.17, 15) is 14.3 Å². The number of aromatic nitrogens is 1. The quantitative estimate of drug-likeness (QED) is 0.846. The van der Waals surface area contributed by atoms with Gasteiger partial charge < -0.3 is 15.7 Å². The van der Waals surface area contributed by atoms with Crippen molar-refractivity contribution >= 4 is 18.3 Å². The van der Waals surface area contributed by atoms with Gasteiger partial charge in [0, 0.05) is 18.9 Å². The summed E-state index contributed by atoms with van der Waals surface area (Å²) in [6, 6.07) is 2.12. The lowest BCUT2D eigenvalue weighted by molar-refractivity contribution is -0.134. The highest BCUT2D eigenvalue weighted by atomic mass is 35.5. The van der Waals surface area contributed by atoms with E-state index in [1.807, 2.05) is 0 Å². The van der Waals surface area contributed by atoms with Crippen LogP contribution in [0.4, 0.5) is 4.39 Å². The molecule has 3 N–H and O–H groups in total. The first-order chi connectivity index (χ1) is 8.59. The van der Waals surface area contributed by atoms with Crippen LogP contribution in [0.25, 0.3) is 0 Å². The zero-order chi connectivity index (χ0) is 13.1. The Hall–Kier alpha value is -1.24. The van der Waals surface area contributed by atoms with E-state index < -0.39 is 24.2 Å². The Labute approximate surface area is 117 Å². The molecule has 0 aromatic carbocycles. The molecule has 0 spiro atoms. The van der Waals surface area contributed by atoms with Crippen molar-refractivity contribution in [3.8, 4) is 0 Å². The Morgan fingerprint density at radius 1 is 1.53 bits per heavy atom. The molecule has 1 aliphatic heterocycles. The minimum absolute atomic E-state index is 0. The van der Waals surface area contributed by atoms with Gasteiger partial charge in [-0.1, -0.05) is 0 Å². The molecule has 1 saturated heterocycles. The van der Waals surface area contributed by atoms with Gasteiger partial charge in [-0.25, -0.2) is 4.39 Å². The molecule has 7 heteroatoms. The molecule has 1 aliphatic rings. The SMILES string of the molecule is Cl.N[C@@H](C(=O)N1CC[C@@H](F)C1)[C@@H](O)c1ccncc1. The van der Waals surface area contributed by atoms with Crippen LogP contribution in [0.15, 0.2) is 24.5 Å². The van der Waals surface area contributed by atoms with Gasteiger partial charge in [0.15, 0.2) is 0 Å². The van der Waals surface area contributed by atoms with Gasteiger partial charge in [-0.05, 0) is 24.1 Å². The number of pyridine rings is 1. The number of likely N-dealkylation sites (tertiary alicyclic amines) is 1. The van der Waals surface area contributed by atoms with Crippen molar-refractivity contribution in [1.82, 2.24) is 9.88 Å². The zero-order valence-electron chi connectivity index (χ0n) is 10.3. The summed E-state index contributed by atoms with van der Waals surface area (Å²) in [5.41, 5.74) is 6.26. The topological polar surface area (TPSA) is 79.5 Å². The van der Waals surface area contributed by atoms with Gasteiger partial charge in [-0.2, -0.15) is 0 Å². The van der Waals surface area contributed by atoms with E-state index in [1.165, 1.54) is 17.3 Å². The molecule has 0 radical (unpaired) electrons. The van der Waals surface area contributed by atoms with Gasteiger partial charge in [-0.15, -0.1) is 12.4 Å². The first-order valence-corrected chi connectivity index (χ1v) is 5.86. The molecule has 19 heavy (non-hydrogen) atoms. The van der Waals surface area contributed by atoms with Crippen LogP contribution in [0.5, 0.6) is 0 Å². The molecule has 1 amide bonds. The lowest BCUT2D eigenvalue weighted by Crippen LogP contribution is -2.46. The molecule has 1 aromatic rings. The van der Waals surface area contributed by atoms with Gasteiger partial charge in [0.2, 0.25) is 5.91 Å². The second kappa shape index (κ2) is 6.79. The minimum atomic E-state index is -1.10. The van der Waals surface area contributed by atoms with Crippen molar-refractivity contribution in [2.24, 2.45) is 5.73 Å². The standard InChI is InChI=1S/C12H16FN3O2.ClH/c13-9-3-6-16(7-9)12(18)10(14)11(17)8-1-4-15-5-2-8;/h1-2,4-5,9-11,17H,3,6-7,14H2;1H/t9-,10-,11+;/m1./s1. The first-order valence-electron chi connectivity index (χ1n) is 5.86. The van der Waals surface area contributed by atoms with E-state index in [1.54, 1.807) is 12.1 Å². The van der Waals surface area contributed by atoms with Crippen molar-refractivity contribution in [3.05, 3.63) is 30.1 Å².